The molecule has 0 saturated heterocycles. The molecule has 14 heavy (non-hydrogen) atoms. The van der Waals surface area contributed by atoms with Gasteiger partial charge in [0.25, 0.3) is 0 Å². The fourth-order valence-electron chi connectivity index (χ4n) is 1.75. The van der Waals surface area contributed by atoms with E-state index >= 15 is 0 Å². The zero-order valence-electron chi connectivity index (χ0n) is 7.73. The molecule has 0 atom stereocenters. The summed E-state index contributed by atoms with van der Waals surface area (Å²) >= 11 is 0. The van der Waals surface area contributed by atoms with Crippen LogP contribution in [0.5, 0.6) is 0 Å². The number of rotatable bonds is 2. The van der Waals surface area contributed by atoms with Crippen LogP contribution in [-0.2, 0) is 0 Å². The molecule has 3 nitrogen and oxygen atoms in total. The summed E-state index contributed by atoms with van der Waals surface area (Å²) in [6, 6.07) is 1.55. The summed E-state index contributed by atoms with van der Waals surface area (Å²) in [5.74, 6) is -0.879. The van der Waals surface area contributed by atoms with E-state index in [4.69, 9.17) is 5.11 Å². The molecule has 0 bridgehead atoms. The van der Waals surface area contributed by atoms with Crippen LogP contribution in [0.1, 0.15) is 35.2 Å². The number of carboxylic acid groups (broad SMARTS) is 1. The molecule has 0 aromatic carbocycles. The van der Waals surface area contributed by atoms with E-state index in [0.717, 1.165) is 30.4 Å². The van der Waals surface area contributed by atoms with Crippen molar-refractivity contribution >= 4 is 11.5 Å². The number of allylic oxidation sites excluding steroid dienone is 2. The summed E-state index contributed by atoms with van der Waals surface area (Å²) in [5.41, 5.74) is 2.25. The quantitative estimate of drug-likeness (QED) is 0.776. The van der Waals surface area contributed by atoms with E-state index in [1.807, 2.05) is 0 Å². The van der Waals surface area contributed by atoms with Gasteiger partial charge in [-0.1, -0.05) is 6.08 Å². The molecule has 0 amide bonds. The molecule has 1 aliphatic rings. The highest BCUT2D eigenvalue weighted by Crippen LogP contribution is 2.29. The lowest BCUT2D eigenvalue weighted by atomic mass is 10.0. The summed E-state index contributed by atoms with van der Waals surface area (Å²) < 4.78 is 0. The predicted molar refractivity (Wildman–Crippen MR) is 53.0 cm³/mol. The van der Waals surface area contributed by atoms with E-state index < -0.39 is 5.97 Å². The Morgan fingerprint density at radius 1 is 1.50 bits per heavy atom. The molecule has 1 aliphatic carbocycles. The van der Waals surface area contributed by atoms with Crippen LogP contribution >= 0.6 is 0 Å². The van der Waals surface area contributed by atoms with E-state index in [0.29, 0.717) is 5.56 Å². The Morgan fingerprint density at radius 2 is 2.36 bits per heavy atom. The third-order valence-electron chi connectivity index (χ3n) is 2.44. The van der Waals surface area contributed by atoms with Crippen LogP contribution in [0.25, 0.3) is 5.57 Å². The third kappa shape index (κ3) is 1.53. The van der Waals surface area contributed by atoms with Crippen molar-refractivity contribution in [2.24, 2.45) is 0 Å². The Morgan fingerprint density at radius 3 is 3.00 bits per heavy atom. The summed E-state index contributed by atoms with van der Waals surface area (Å²) in [6.07, 6.45) is 8.38. The number of carboxylic acids is 1. The number of aromatic nitrogens is 1. The lowest BCUT2D eigenvalue weighted by molar-refractivity contribution is 0.0696. The van der Waals surface area contributed by atoms with Gasteiger partial charge in [0.2, 0.25) is 0 Å². The van der Waals surface area contributed by atoms with Crippen LogP contribution in [-0.4, -0.2) is 16.1 Å². The summed E-state index contributed by atoms with van der Waals surface area (Å²) in [4.78, 5) is 14.9. The Balaban J connectivity index is 2.46. The molecule has 1 aromatic rings. The topological polar surface area (TPSA) is 50.2 Å². The highest BCUT2D eigenvalue weighted by molar-refractivity contribution is 5.94. The van der Waals surface area contributed by atoms with Crippen molar-refractivity contribution < 1.29 is 9.90 Å². The van der Waals surface area contributed by atoms with Gasteiger partial charge in [-0.05, 0) is 30.9 Å². The van der Waals surface area contributed by atoms with Gasteiger partial charge in [-0.3, -0.25) is 4.98 Å². The molecule has 1 N–H and O–H groups in total. The predicted octanol–water partition coefficient (Wildman–Crippen LogP) is 2.35. The van der Waals surface area contributed by atoms with Crippen LogP contribution in [0.15, 0.2) is 24.5 Å². The maximum atomic E-state index is 10.9. The molecule has 3 heteroatoms. The molecule has 0 saturated carbocycles. The number of aromatic carboxylic acids is 1. The molecule has 0 spiro atoms. The van der Waals surface area contributed by atoms with Gasteiger partial charge in [0.1, 0.15) is 0 Å². The minimum atomic E-state index is -0.879. The molecule has 0 unspecified atom stereocenters. The summed E-state index contributed by atoms with van der Waals surface area (Å²) in [6.45, 7) is 0. The fraction of sp³-hybridized carbons (Fsp3) is 0.273. The van der Waals surface area contributed by atoms with Gasteiger partial charge in [-0.15, -0.1) is 0 Å². The zero-order valence-corrected chi connectivity index (χ0v) is 7.73. The second kappa shape index (κ2) is 3.62. The van der Waals surface area contributed by atoms with E-state index in [1.165, 1.54) is 6.20 Å². The molecular weight excluding hydrogens is 178 g/mol. The smallest absolute Gasteiger partial charge is 0.336 e. The lowest BCUT2D eigenvalue weighted by Crippen LogP contribution is -2.01. The fourth-order valence-corrected chi connectivity index (χ4v) is 1.75. The molecule has 0 radical (unpaired) electrons. The maximum absolute atomic E-state index is 10.9. The van der Waals surface area contributed by atoms with E-state index in [1.54, 1.807) is 12.3 Å². The SMILES string of the molecule is O=C(O)c1ccncc1C1=CCCC1. The van der Waals surface area contributed by atoms with E-state index in [-0.39, 0.29) is 0 Å². The molecule has 1 heterocycles. The van der Waals surface area contributed by atoms with Crippen molar-refractivity contribution in [3.8, 4) is 0 Å². The van der Waals surface area contributed by atoms with Gasteiger partial charge >= 0.3 is 5.97 Å². The van der Waals surface area contributed by atoms with Gasteiger partial charge in [0.05, 0.1) is 5.56 Å². The van der Waals surface area contributed by atoms with Crippen molar-refractivity contribution in [2.75, 3.05) is 0 Å². The van der Waals surface area contributed by atoms with Crippen LogP contribution in [0.2, 0.25) is 0 Å². The van der Waals surface area contributed by atoms with Crippen molar-refractivity contribution in [3.63, 3.8) is 0 Å². The summed E-state index contributed by atoms with van der Waals surface area (Å²) in [5, 5.41) is 8.97. The second-order valence-electron chi connectivity index (χ2n) is 3.35. The molecular formula is C11H11NO2. The minimum Gasteiger partial charge on any atom is -0.478 e. The Bertz CT molecular complexity index is 396. The Labute approximate surface area is 82.1 Å². The molecule has 72 valence electrons. The van der Waals surface area contributed by atoms with Gasteiger partial charge in [0, 0.05) is 18.0 Å². The number of carbonyl (C=O) groups is 1. The Kier molecular flexibility index (Phi) is 2.31. The number of hydrogen-bond acceptors (Lipinski definition) is 2. The molecule has 1 aromatic heterocycles. The van der Waals surface area contributed by atoms with Gasteiger partial charge in [-0.25, -0.2) is 4.79 Å². The van der Waals surface area contributed by atoms with E-state index in [9.17, 15) is 4.79 Å². The molecule has 2 rings (SSSR count). The van der Waals surface area contributed by atoms with Crippen molar-refractivity contribution in [1.82, 2.24) is 4.98 Å². The second-order valence-corrected chi connectivity index (χ2v) is 3.35. The molecule has 0 aliphatic heterocycles. The first-order valence-electron chi connectivity index (χ1n) is 4.66. The average Bonchev–Trinajstić information content (AvgIpc) is 2.70. The Hall–Kier alpha value is -1.64. The maximum Gasteiger partial charge on any atom is 0.336 e. The van der Waals surface area contributed by atoms with Crippen LogP contribution in [0.3, 0.4) is 0 Å². The van der Waals surface area contributed by atoms with Crippen LogP contribution in [0, 0.1) is 0 Å². The highest BCUT2D eigenvalue weighted by atomic mass is 16.4. The minimum absolute atomic E-state index is 0.355. The van der Waals surface area contributed by atoms with Gasteiger partial charge in [-0.2, -0.15) is 0 Å². The van der Waals surface area contributed by atoms with Gasteiger partial charge < -0.3 is 5.11 Å². The molecule has 0 fully saturated rings. The van der Waals surface area contributed by atoms with Crippen LogP contribution in [0.4, 0.5) is 0 Å². The zero-order chi connectivity index (χ0) is 9.97. The average molecular weight is 189 g/mol. The van der Waals surface area contributed by atoms with E-state index in [2.05, 4.69) is 11.1 Å². The van der Waals surface area contributed by atoms with Crippen LogP contribution < -0.4 is 0 Å². The lowest BCUT2D eigenvalue weighted by Gasteiger charge is -2.05. The first kappa shape index (κ1) is 8.94. The summed E-state index contributed by atoms with van der Waals surface area (Å²) in [7, 11) is 0. The monoisotopic (exact) mass is 189 g/mol. The normalized spacial score (nSPS) is 15.3. The highest BCUT2D eigenvalue weighted by Gasteiger charge is 2.15. The third-order valence-corrected chi connectivity index (χ3v) is 2.44. The number of nitrogens with zero attached hydrogens (tertiary/aromatic N) is 1. The van der Waals surface area contributed by atoms with Crippen molar-refractivity contribution in [3.05, 3.63) is 35.7 Å². The first-order chi connectivity index (χ1) is 6.79. The number of hydrogen-bond donors (Lipinski definition) is 1. The van der Waals surface area contributed by atoms with Crippen molar-refractivity contribution in [1.29, 1.82) is 0 Å². The largest absolute Gasteiger partial charge is 0.478 e. The van der Waals surface area contributed by atoms with Crippen molar-refractivity contribution in [2.45, 2.75) is 19.3 Å². The number of pyridine rings is 1. The standard InChI is InChI=1S/C11H11NO2/c13-11(14)9-5-6-12-7-10(9)8-3-1-2-4-8/h3,5-7H,1-2,4H2,(H,13,14). The first-order valence-corrected chi connectivity index (χ1v) is 4.66. The van der Waals surface area contributed by atoms with Gasteiger partial charge in [0.15, 0.2) is 0 Å².